The van der Waals surface area contributed by atoms with Crippen LogP contribution >= 0.6 is 0 Å². The van der Waals surface area contributed by atoms with Gasteiger partial charge in [0.25, 0.3) is 0 Å². The first-order valence-electron chi connectivity index (χ1n) is 6.80. The average Bonchev–Trinajstić information content (AvgIpc) is 2.93. The summed E-state index contributed by atoms with van der Waals surface area (Å²) in [5, 5.41) is 4.73. The van der Waals surface area contributed by atoms with Crippen LogP contribution in [-0.4, -0.2) is 19.1 Å². The molecule has 1 heterocycles. The number of benzene rings is 2. The molecule has 2 aromatic carbocycles. The summed E-state index contributed by atoms with van der Waals surface area (Å²) in [7, 11) is 4.11. The molecule has 0 radical (unpaired) electrons. The van der Waals surface area contributed by atoms with Crippen LogP contribution in [0.1, 0.15) is 5.56 Å². The van der Waals surface area contributed by atoms with Gasteiger partial charge >= 0.3 is 0 Å². The first kappa shape index (κ1) is 12.6. The van der Waals surface area contributed by atoms with Crippen molar-refractivity contribution >= 4 is 22.3 Å². The van der Waals surface area contributed by atoms with E-state index in [1.54, 1.807) is 0 Å². The van der Waals surface area contributed by atoms with E-state index in [0.29, 0.717) is 0 Å². The zero-order chi connectivity index (χ0) is 13.9. The minimum absolute atomic E-state index is 0.825. The smallest absolute Gasteiger partial charge is 0.0457 e. The van der Waals surface area contributed by atoms with E-state index in [0.717, 1.165) is 12.2 Å². The fourth-order valence-electron chi connectivity index (χ4n) is 2.30. The van der Waals surface area contributed by atoms with Crippen LogP contribution in [0, 0.1) is 0 Å². The highest BCUT2D eigenvalue weighted by Gasteiger charge is 2.00. The lowest BCUT2D eigenvalue weighted by Crippen LogP contribution is -2.09. The van der Waals surface area contributed by atoms with Gasteiger partial charge in [0.1, 0.15) is 0 Å². The SMILES string of the molecule is CN(C)c1cccc(NCc2ccc3cc[nH]c3c2)c1. The van der Waals surface area contributed by atoms with Crippen molar-refractivity contribution in [1.29, 1.82) is 0 Å². The van der Waals surface area contributed by atoms with Gasteiger partial charge in [-0.05, 0) is 41.3 Å². The summed E-state index contributed by atoms with van der Waals surface area (Å²) in [5.41, 5.74) is 4.80. The highest BCUT2D eigenvalue weighted by molar-refractivity contribution is 5.79. The number of rotatable bonds is 4. The van der Waals surface area contributed by atoms with Crippen molar-refractivity contribution < 1.29 is 0 Å². The molecule has 3 heteroatoms. The molecule has 0 unspecified atom stereocenters. The van der Waals surface area contributed by atoms with Crippen LogP contribution in [0.5, 0.6) is 0 Å². The Labute approximate surface area is 119 Å². The molecule has 20 heavy (non-hydrogen) atoms. The Morgan fingerprint density at radius 3 is 2.80 bits per heavy atom. The second-order valence-electron chi connectivity index (χ2n) is 5.20. The lowest BCUT2D eigenvalue weighted by atomic mass is 10.1. The Morgan fingerprint density at radius 2 is 1.95 bits per heavy atom. The summed E-state index contributed by atoms with van der Waals surface area (Å²) in [6, 6.07) is 17.0. The zero-order valence-electron chi connectivity index (χ0n) is 11.9. The van der Waals surface area contributed by atoms with Gasteiger partial charge in [-0.1, -0.05) is 18.2 Å². The van der Waals surface area contributed by atoms with Gasteiger partial charge in [-0.15, -0.1) is 0 Å². The van der Waals surface area contributed by atoms with Crippen LogP contribution in [0.15, 0.2) is 54.7 Å². The second-order valence-corrected chi connectivity index (χ2v) is 5.20. The van der Waals surface area contributed by atoms with Crippen molar-refractivity contribution in [3.63, 3.8) is 0 Å². The van der Waals surface area contributed by atoms with Crippen LogP contribution in [-0.2, 0) is 6.54 Å². The molecule has 0 aliphatic carbocycles. The molecule has 0 saturated heterocycles. The van der Waals surface area contributed by atoms with E-state index < -0.39 is 0 Å². The molecule has 0 saturated carbocycles. The highest BCUT2D eigenvalue weighted by Crippen LogP contribution is 2.19. The van der Waals surface area contributed by atoms with Crippen LogP contribution in [0.25, 0.3) is 10.9 Å². The topological polar surface area (TPSA) is 31.1 Å². The van der Waals surface area contributed by atoms with Gasteiger partial charge in [-0.25, -0.2) is 0 Å². The standard InChI is InChI=1S/C17H19N3/c1-20(2)16-5-3-4-15(11-16)19-12-13-6-7-14-8-9-18-17(14)10-13/h3-11,18-19H,12H2,1-2H3. The fourth-order valence-corrected chi connectivity index (χ4v) is 2.30. The Hall–Kier alpha value is -2.42. The van der Waals surface area contributed by atoms with Crippen molar-refractivity contribution in [3.05, 3.63) is 60.3 Å². The zero-order valence-corrected chi connectivity index (χ0v) is 11.9. The van der Waals surface area contributed by atoms with Gasteiger partial charge < -0.3 is 15.2 Å². The molecular formula is C17H19N3. The number of nitrogens with zero attached hydrogens (tertiary/aromatic N) is 1. The maximum atomic E-state index is 3.47. The largest absolute Gasteiger partial charge is 0.381 e. The number of anilines is 2. The third-order valence-corrected chi connectivity index (χ3v) is 3.48. The van der Waals surface area contributed by atoms with Gasteiger partial charge in [0.15, 0.2) is 0 Å². The third-order valence-electron chi connectivity index (χ3n) is 3.48. The van der Waals surface area contributed by atoms with Gasteiger partial charge in [-0.2, -0.15) is 0 Å². The van der Waals surface area contributed by atoms with Crippen LogP contribution in [0.4, 0.5) is 11.4 Å². The van der Waals surface area contributed by atoms with E-state index in [-0.39, 0.29) is 0 Å². The quantitative estimate of drug-likeness (QED) is 0.751. The third kappa shape index (κ3) is 2.62. The summed E-state index contributed by atoms with van der Waals surface area (Å²) in [6.45, 7) is 0.825. The normalized spacial score (nSPS) is 10.7. The van der Waals surface area contributed by atoms with E-state index in [9.17, 15) is 0 Å². The van der Waals surface area contributed by atoms with Gasteiger partial charge in [0.2, 0.25) is 0 Å². The molecule has 0 atom stereocenters. The van der Waals surface area contributed by atoms with E-state index in [1.807, 2.05) is 6.20 Å². The number of H-pyrrole nitrogens is 1. The molecule has 0 fully saturated rings. The average molecular weight is 265 g/mol. The molecular weight excluding hydrogens is 246 g/mol. The predicted molar refractivity (Wildman–Crippen MR) is 86.4 cm³/mol. The summed E-state index contributed by atoms with van der Waals surface area (Å²) >= 11 is 0. The van der Waals surface area contributed by atoms with Crippen molar-refractivity contribution in [3.8, 4) is 0 Å². The maximum absolute atomic E-state index is 3.47. The first-order valence-corrected chi connectivity index (χ1v) is 6.80. The molecule has 3 nitrogen and oxygen atoms in total. The van der Waals surface area contributed by atoms with Gasteiger partial charge in [0, 0.05) is 43.7 Å². The maximum Gasteiger partial charge on any atom is 0.0457 e. The predicted octanol–water partition coefficient (Wildman–Crippen LogP) is 3.85. The monoisotopic (exact) mass is 265 g/mol. The van der Waals surface area contributed by atoms with Crippen LogP contribution in [0.3, 0.4) is 0 Å². The minimum Gasteiger partial charge on any atom is -0.381 e. The van der Waals surface area contributed by atoms with Gasteiger partial charge in [-0.3, -0.25) is 0 Å². The van der Waals surface area contributed by atoms with Gasteiger partial charge in [0.05, 0.1) is 0 Å². The molecule has 3 aromatic rings. The van der Waals surface area contributed by atoms with Crippen molar-refractivity contribution in [2.45, 2.75) is 6.54 Å². The van der Waals surface area contributed by atoms with Crippen LogP contribution in [0.2, 0.25) is 0 Å². The van der Waals surface area contributed by atoms with E-state index in [1.165, 1.54) is 22.2 Å². The Bertz CT molecular complexity index is 713. The summed E-state index contributed by atoms with van der Waals surface area (Å²) in [4.78, 5) is 5.36. The molecule has 1 aromatic heterocycles. The number of fused-ring (bicyclic) bond motifs is 1. The first-order chi connectivity index (χ1) is 9.72. The van der Waals surface area contributed by atoms with Crippen molar-refractivity contribution in [2.24, 2.45) is 0 Å². The molecule has 0 aliphatic heterocycles. The molecule has 0 spiro atoms. The highest BCUT2D eigenvalue weighted by atomic mass is 15.1. The summed E-state index contributed by atoms with van der Waals surface area (Å²) in [5.74, 6) is 0. The van der Waals surface area contributed by atoms with E-state index in [2.05, 4.69) is 77.8 Å². The van der Waals surface area contributed by atoms with E-state index >= 15 is 0 Å². The Balaban J connectivity index is 1.73. The summed E-state index contributed by atoms with van der Waals surface area (Å²) in [6.07, 6.45) is 1.97. The Kier molecular flexibility index (Phi) is 3.33. The molecule has 3 rings (SSSR count). The fraction of sp³-hybridized carbons (Fsp3) is 0.176. The number of aromatic amines is 1. The molecule has 2 N–H and O–H groups in total. The molecule has 0 amide bonds. The number of hydrogen-bond acceptors (Lipinski definition) is 2. The van der Waals surface area contributed by atoms with Crippen molar-refractivity contribution in [2.75, 3.05) is 24.3 Å². The number of nitrogens with one attached hydrogen (secondary N) is 2. The minimum atomic E-state index is 0.825. The summed E-state index contributed by atoms with van der Waals surface area (Å²) < 4.78 is 0. The second kappa shape index (κ2) is 5.29. The molecule has 0 aliphatic rings. The Morgan fingerprint density at radius 1 is 1.05 bits per heavy atom. The number of aromatic nitrogens is 1. The van der Waals surface area contributed by atoms with Crippen LogP contribution < -0.4 is 10.2 Å². The van der Waals surface area contributed by atoms with Crippen molar-refractivity contribution in [1.82, 2.24) is 4.98 Å². The lowest BCUT2D eigenvalue weighted by Gasteiger charge is -2.14. The molecule has 0 bridgehead atoms. The lowest BCUT2D eigenvalue weighted by molar-refractivity contribution is 1.12. The molecule has 102 valence electrons. The number of hydrogen-bond donors (Lipinski definition) is 2. The van der Waals surface area contributed by atoms with E-state index in [4.69, 9.17) is 0 Å².